The molecule has 8 nitrogen and oxygen atoms in total. The van der Waals surface area contributed by atoms with E-state index < -0.39 is 10.0 Å². The van der Waals surface area contributed by atoms with Crippen LogP contribution in [0.3, 0.4) is 0 Å². The second-order valence-electron chi connectivity index (χ2n) is 10.2. The highest BCUT2D eigenvalue weighted by atomic mass is 32.2. The Hall–Kier alpha value is -3.17. The number of aromatic nitrogens is 1. The maximum absolute atomic E-state index is 12.9. The maximum Gasteiger partial charge on any atom is 0.243 e. The Balaban J connectivity index is 1.24. The topological polar surface area (TPSA) is 85.8 Å². The summed E-state index contributed by atoms with van der Waals surface area (Å²) in [5.74, 6) is 0.790. The van der Waals surface area contributed by atoms with E-state index in [4.69, 9.17) is 4.98 Å². The molecule has 1 amide bonds. The summed E-state index contributed by atoms with van der Waals surface area (Å²) < 4.78 is 27.4. The average Bonchev–Trinajstić information content (AvgIpc) is 3.47. The summed E-state index contributed by atoms with van der Waals surface area (Å²) >= 11 is 0. The van der Waals surface area contributed by atoms with Gasteiger partial charge in [0.15, 0.2) is 0 Å². The van der Waals surface area contributed by atoms with Gasteiger partial charge in [0.05, 0.1) is 16.3 Å². The number of sulfonamides is 1. The van der Waals surface area contributed by atoms with Crippen molar-refractivity contribution < 1.29 is 13.2 Å². The Labute approximate surface area is 219 Å². The van der Waals surface area contributed by atoms with Crippen LogP contribution in [0.15, 0.2) is 59.5 Å². The molecule has 2 aliphatic heterocycles. The first kappa shape index (κ1) is 25.5. The fourth-order valence-electron chi connectivity index (χ4n) is 5.15. The van der Waals surface area contributed by atoms with Crippen molar-refractivity contribution in [2.24, 2.45) is 5.92 Å². The molecule has 0 saturated carbocycles. The molecule has 2 aliphatic rings. The Morgan fingerprint density at radius 2 is 1.76 bits per heavy atom. The monoisotopic (exact) mass is 521 g/mol. The molecule has 0 spiro atoms. The number of hydrogen-bond acceptors (Lipinski definition) is 6. The largest absolute Gasteiger partial charge is 0.378 e. The Morgan fingerprint density at radius 3 is 2.49 bits per heavy atom. The van der Waals surface area contributed by atoms with Crippen LogP contribution in [0, 0.1) is 5.92 Å². The highest BCUT2D eigenvalue weighted by molar-refractivity contribution is 7.89. The number of benzene rings is 2. The van der Waals surface area contributed by atoms with Crippen molar-refractivity contribution in [1.82, 2.24) is 14.6 Å². The van der Waals surface area contributed by atoms with Crippen LogP contribution in [0.25, 0.3) is 10.9 Å². The van der Waals surface area contributed by atoms with Crippen molar-refractivity contribution in [3.63, 3.8) is 0 Å². The number of nitrogens with one attached hydrogen (secondary N) is 1. The number of fused-ring (bicyclic) bond motifs is 1. The molecule has 0 unspecified atom stereocenters. The van der Waals surface area contributed by atoms with Crippen molar-refractivity contribution in [3.8, 4) is 0 Å². The van der Waals surface area contributed by atoms with Crippen LogP contribution in [0.4, 0.5) is 11.5 Å². The van der Waals surface area contributed by atoms with E-state index >= 15 is 0 Å². The summed E-state index contributed by atoms with van der Waals surface area (Å²) in [6.45, 7) is 3.15. The van der Waals surface area contributed by atoms with Gasteiger partial charge in [0, 0.05) is 57.9 Å². The molecule has 196 valence electrons. The lowest BCUT2D eigenvalue weighted by atomic mass is 9.97. The minimum absolute atomic E-state index is 0.0685. The van der Waals surface area contributed by atoms with Crippen LogP contribution in [-0.2, 0) is 21.4 Å². The number of carbonyl (C=O) groups is 1. The van der Waals surface area contributed by atoms with Crippen molar-refractivity contribution >= 4 is 38.3 Å². The molecular formula is C28H35N5O3S. The number of amides is 1. The molecule has 0 bridgehead atoms. The van der Waals surface area contributed by atoms with Crippen LogP contribution in [-0.4, -0.2) is 63.9 Å². The molecule has 3 aromatic rings. The molecule has 9 heteroatoms. The molecule has 0 aliphatic carbocycles. The van der Waals surface area contributed by atoms with Gasteiger partial charge >= 0.3 is 0 Å². The van der Waals surface area contributed by atoms with Crippen LogP contribution in [0.1, 0.15) is 31.2 Å². The summed E-state index contributed by atoms with van der Waals surface area (Å²) in [5.41, 5.74) is 2.96. The third-order valence-corrected chi connectivity index (χ3v) is 9.28. The van der Waals surface area contributed by atoms with E-state index in [0.717, 1.165) is 60.2 Å². The van der Waals surface area contributed by atoms with Gasteiger partial charge in [-0.2, -0.15) is 4.31 Å². The summed E-state index contributed by atoms with van der Waals surface area (Å²) in [5, 5.41) is 3.90. The van der Waals surface area contributed by atoms with Crippen LogP contribution >= 0.6 is 0 Å². The lowest BCUT2D eigenvalue weighted by Crippen LogP contribution is -2.43. The second-order valence-corrected chi connectivity index (χ2v) is 12.1. The summed E-state index contributed by atoms with van der Waals surface area (Å²) in [7, 11) is 0.554. The molecule has 3 heterocycles. The van der Waals surface area contributed by atoms with Gasteiger partial charge in [-0.3, -0.25) is 4.79 Å². The van der Waals surface area contributed by atoms with Crippen molar-refractivity contribution in [2.75, 3.05) is 50.1 Å². The first-order chi connectivity index (χ1) is 17.8. The number of piperidine rings is 1. The van der Waals surface area contributed by atoms with E-state index in [2.05, 4.69) is 27.2 Å². The van der Waals surface area contributed by atoms with Crippen LogP contribution in [0.5, 0.6) is 0 Å². The quantitative estimate of drug-likeness (QED) is 0.511. The Bertz CT molecular complexity index is 1370. The number of hydrogen-bond donors (Lipinski definition) is 1. The van der Waals surface area contributed by atoms with E-state index in [-0.39, 0.29) is 11.8 Å². The zero-order valence-electron chi connectivity index (χ0n) is 21.6. The fraction of sp³-hybridized carbons (Fsp3) is 0.429. The van der Waals surface area contributed by atoms with Gasteiger partial charge in [0.2, 0.25) is 15.9 Å². The number of nitrogens with zero attached hydrogens (tertiary/aromatic N) is 4. The molecule has 0 radical (unpaired) electrons. The summed E-state index contributed by atoms with van der Waals surface area (Å²) in [6.07, 6.45) is 3.60. The smallest absolute Gasteiger partial charge is 0.243 e. The predicted octanol–water partition coefficient (Wildman–Crippen LogP) is 3.62. The van der Waals surface area contributed by atoms with Crippen molar-refractivity contribution in [3.05, 3.63) is 60.2 Å². The summed E-state index contributed by atoms with van der Waals surface area (Å²) in [4.78, 5) is 22.3. The molecule has 2 saturated heterocycles. The van der Waals surface area contributed by atoms with Gasteiger partial charge in [0.25, 0.3) is 0 Å². The zero-order valence-corrected chi connectivity index (χ0v) is 22.4. The SMILES string of the molecule is CN(C)c1ccc(CNC(=O)[C@@H]2CCCN(c3ccc4cc(S(=O)(=O)N5CCCC5)ccc4n3)C2)cc1. The van der Waals surface area contributed by atoms with Crippen molar-refractivity contribution in [1.29, 1.82) is 0 Å². The molecule has 1 N–H and O–H groups in total. The Morgan fingerprint density at radius 1 is 1.00 bits per heavy atom. The fourth-order valence-corrected chi connectivity index (χ4v) is 6.70. The van der Waals surface area contributed by atoms with E-state index in [1.54, 1.807) is 22.5 Å². The minimum atomic E-state index is -3.46. The summed E-state index contributed by atoms with van der Waals surface area (Å²) in [6, 6.07) is 17.2. The molecule has 2 aromatic carbocycles. The molecule has 1 atom stereocenters. The molecule has 37 heavy (non-hydrogen) atoms. The third-order valence-electron chi connectivity index (χ3n) is 7.38. The van der Waals surface area contributed by atoms with Gasteiger partial charge in [-0.1, -0.05) is 12.1 Å². The van der Waals surface area contributed by atoms with Gasteiger partial charge < -0.3 is 15.1 Å². The highest BCUT2D eigenvalue weighted by Crippen LogP contribution is 2.27. The normalized spacial score (nSPS) is 18.8. The second kappa shape index (κ2) is 10.7. The maximum atomic E-state index is 12.9. The van der Waals surface area contributed by atoms with E-state index in [9.17, 15) is 13.2 Å². The van der Waals surface area contributed by atoms with Crippen LogP contribution in [0.2, 0.25) is 0 Å². The van der Waals surface area contributed by atoms with Gasteiger partial charge in [0.1, 0.15) is 5.82 Å². The first-order valence-electron chi connectivity index (χ1n) is 13.0. The number of rotatable bonds is 7. The van der Waals surface area contributed by atoms with Gasteiger partial charge in [-0.05, 0) is 73.7 Å². The van der Waals surface area contributed by atoms with Gasteiger partial charge in [-0.15, -0.1) is 0 Å². The van der Waals surface area contributed by atoms with E-state index in [0.29, 0.717) is 31.1 Å². The zero-order chi connectivity index (χ0) is 26.0. The molecule has 2 fully saturated rings. The van der Waals surface area contributed by atoms with Crippen LogP contribution < -0.4 is 15.1 Å². The van der Waals surface area contributed by atoms with E-state index in [1.807, 2.05) is 38.4 Å². The lowest BCUT2D eigenvalue weighted by molar-refractivity contribution is -0.125. The number of carbonyl (C=O) groups excluding carboxylic acids is 1. The van der Waals surface area contributed by atoms with Gasteiger partial charge in [-0.25, -0.2) is 13.4 Å². The highest BCUT2D eigenvalue weighted by Gasteiger charge is 2.28. The number of anilines is 2. The van der Waals surface area contributed by atoms with E-state index in [1.165, 1.54) is 0 Å². The standard InChI is InChI=1S/C28H35N5O3S/c1-31(2)24-10-7-21(8-11-24)19-29-28(34)23-6-5-15-32(20-23)27-14-9-22-18-25(12-13-26(22)30-27)37(35,36)33-16-3-4-17-33/h7-14,18,23H,3-6,15-17,19-20H2,1-2H3,(H,29,34)/t23-/m1/s1. The molecule has 5 rings (SSSR count). The Kier molecular flexibility index (Phi) is 7.35. The molecular weight excluding hydrogens is 486 g/mol. The average molecular weight is 522 g/mol. The predicted molar refractivity (Wildman–Crippen MR) is 147 cm³/mol. The third kappa shape index (κ3) is 5.57. The number of pyridine rings is 1. The molecule has 1 aromatic heterocycles. The first-order valence-corrected chi connectivity index (χ1v) is 14.5. The minimum Gasteiger partial charge on any atom is -0.378 e. The lowest BCUT2D eigenvalue weighted by Gasteiger charge is -2.33. The van der Waals surface area contributed by atoms with Crippen molar-refractivity contribution in [2.45, 2.75) is 37.1 Å².